The zero-order valence-electron chi connectivity index (χ0n) is 12.5. The predicted octanol–water partition coefficient (Wildman–Crippen LogP) is 5.23. The Hall–Kier alpha value is -0.629. The molecule has 0 fully saturated rings. The average Bonchev–Trinajstić information content (AvgIpc) is 2.63. The van der Waals surface area contributed by atoms with E-state index in [1.54, 1.807) is 23.3 Å². The van der Waals surface area contributed by atoms with Crippen LogP contribution in [0.5, 0.6) is 0 Å². The van der Waals surface area contributed by atoms with Gasteiger partial charge in [-0.05, 0) is 36.1 Å². The fourth-order valence-electron chi connectivity index (χ4n) is 2.50. The van der Waals surface area contributed by atoms with Crippen molar-refractivity contribution in [2.24, 2.45) is 0 Å². The molecule has 1 aromatic carbocycles. The van der Waals surface area contributed by atoms with Gasteiger partial charge in [0.2, 0.25) is 0 Å². The molecule has 0 nitrogen and oxygen atoms in total. The van der Waals surface area contributed by atoms with Crippen LogP contribution in [0.2, 0.25) is 13.1 Å². The second-order valence-corrected chi connectivity index (χ2v) is 7.61. The summed E-state index contributed by atoms with van der Waals surface area (Å²) in [6, 6.07) is 8.88. The fourth-order valence-corrected chi connectivity index (χ4v) is 4.45. The SMILES string of the molecule is C=CC=C.CC1=C(C)C([Si](C)C)c2ccccc21.[Ti]. The van der Waals surface area contributed by atoms with E-state index in [4.69, 9.17) is 0 Å². The van der Waals surface area contributed by atoms with Crippen molar-refractivity contribution < 1.29 is 21.7 Å². The molecule has 0 saturated carbocycles. The Morgan fingerprint density at radius 1 is 1.05 bits per heavy atom. The maximum atomic E-state index is 3.36. The summed E-state index contributed by atoms with van der Waals surface area (Å²) in [6.07, 6.45) is 3.28. The van der Waals surface area contributed by atoms with Crippen LogP contribution in [0.1, 0.15) is 30.5 Å². The molecule has 1 aromatic rings. The Kier molecular flexibility index (Phi) is 8.24. The topological polar surface area (TPSA) is 0 Å². The van der Waals surface area contributed by atoms with Crippen molar-refractivity contribution in [1.82, 2.24) is 0 Å². The van der Waals surface area contributed by atoms with Crippen LogP contribution in [0.3, 0.4) is 0 Å². The fraction of sp³-hybridized carbons (Fsp3) is 0.294. The van der Waals surface area contributed by atoms with Crippen molar-refractivity contribution in [3.8, 4) is 0 Å². The smallest absolute Gasteiger partial charge is 0.0552 e. The molecule has 0 aliphatic heterocycles. The summed E-state index contributed by atoms with van der Waals surface area (Å²) < 4.78 is 0. The molecule has 1 unspecified atom stereocenters. The van der Waals surface area contributed by atoms with Gasteiger partial charge in [-0.3, -0.25) is 0 Å². The molecule has 1 aliphatic carbocycles. The third-order valence-corrected chi connectivity index (χ3v) is 5.34. The Labute approximate surface area is 134 Å². The first kappa shape index (κ1) is 18.4. The second-order valence-electron chi connectivity index (χ2n) is 4.88. The first-order chi connectivity index (χ1) is 8.54. The van der Waals surface area contributed by atoms with Crippen molar-refractivity contribution in [2.75, 3.05) is 0 Å². The van der Waals surface area contributed by atoms with E-state index in [9.17, 15) is 0 Å². The number of benzene rings is 1. The zero-order chi connectivity index (χ0) is 13.7. The van der Waals surface area contributed by atoms with Crippen LogP contribution in [0.15, 0.2) is 55.1 Å². The Bertz CT molecular complexity index is 466. The van der Waals surface area contributed by atoms with Crippen LogP contribution in [0, 0.1) is 0 Å². The normalized spacial score (nSPS) is 16.2. The van der Waals surface area contributed by atoms with Gasteiger partial charge in [-0.15, -0.1) is 0 Å². The average molecular weight is 303 g/mol. The van der Waals surface area contributed by atoms with E-state index >= 15 is 0 Å². The Morgan fingerprint density at radius 3 is 2.05 bits per heavy atom. The van der Waals surface area contributed by atoms with Gasteiger partial charge in [0.05, 0.1) is 8.80 Å². The van der Waals surface area contributed by atoms with Crippen LogP contribution in [0.4, 0.5) is 0 Å². The minimum absolute atomic E-state index is 0. The monoisotopic (exact) mass is 303 g/mol. The molecule has 19 heavy (non-hydrogen) atoms. The van der Waals surface area contributed by atoms with E-state index in [1.807, 2.05) is 0 Å². The van der Waals surface area contributed by atoms with E-state index in [0.29, 0.717) is 0 Å². The molecular formula is C17H23SiTi. The van der Waals surface area contributed by atoms with Gasteiger partial charge < -0.3 is 0 Å². The van der Waals surface area contributed by atoms with Crippen molar-refractivity contribution >= 4 is 14.4 Å². The van der Waals surface area contributed by atoms with Crippen molar-refractivity contribution in [2.45, 2.75) is 32.5 Å². The maximum absolute atomic E-state index is 3.36. The van der Waals surface area contributed by atoms with E-state index in [1.165, 1.54) is 11.1 Å². The molecule has 0 bridgehead atoms. The van der Waals surface area contributed by atoms with E-state index < -0.39 is 0 Å². The molecule has 99 valence electrons. The van der Waals surface area contributed by atoms with Gasteiger partial charge in [-0.25, -0.2) is 0 Å². The quantitative estimate of drug-likeness (QED) is 0.518. The number of allylic oxidation sites excluding steroid dienone is 4. The van der Waals surface area contributed by atoms with E-state index in [0.717, 1.165) is 5.54 Å². The molecule has 2 heteroatoms. The van der Waals surface area contributed by atoms with E-state index in [2.05, 4.69) is 64.4 Å². The molecule has 0 N–H and O–H groups in total. The molecule has 0 aromatic heterocycles. The van der Waals surface area contributed by atoms with Gasteiger partial charge in [0.25, 0.3) is 0 Å². The summed E-state index contributed by atoms with van der Waals surface area (Å²) in [6.45, 7) is 16.1. The summed E-state index contributed by atoms with van der Waals surface area (Å²) in [5.41, 5.74) is 6.92. The predicted molar refractivity (Wildman–Crippen MR) is 85.3 cm³/mol. The summed E-state index contributed by atoms with van der Waals surface area (Å²) >= 11 is 0. The van der Waals surface area contributed by atoms with Crippen LogP contribution in [0.25, 0.3) is 5.57 Å². The molecule has 1 radical (unpaired) electrons. The molecule has 2 rings (SSSR count). The Morgan fingerprint density at radius 2 is 1.58 bits per heavy atom. The van der Waals surface area contributed by atoms with Gasteiger partial charge >= 0.3 is 0 Å². The summed E-state index contributed by atoms with van der Waals surface area (Å²) in [7, 11) is -0.263. The number of hydrogen-bond donors (Lipinski definition) is 0. The third kappa shape index (κ3) is 4.17. The number of rotatable bonds is 2. The molecule has 0 saturated heterocycles. The van der Waals surface area contributed by atoms with Gasteiger partial charge in [0.1, 0.15) is 0 Å². The second kappa shape index (κ2) is 8.52. The summed E-state index contributed by atoms with van der Waals surface area (Å²) in [4.78, 5) is 0. The molecule has 0 spiro atoms. The molecule has 1 atom stereocenters. The summed E-state index contributed by atoms with van der Waals surface area (Å²) in [5.74, 6) is 0. The van der Waals surface area contributed by atoms with Crippen LogP contribution >= 0.6 is 0 Å². The van der Waals surface area contributed by atoms with Crippen molar-refractivity contribution in [1.29, 1.82) is 0 Å². The van der Waals surface area contributed by atoms with E-state index in [-0.39, 0.29) is 30.5 Å². The number of fused-ring (bicyclic) bond motifs is 1. The van der Waals surface area contributed by atoms with Crippen LogP contribution in [-0.2, 0) is 21.7 Å². The molecular weight excluding hydrogens is 280 g/mol. The minimum atomic E-state index is -0.263. The van der Waals surface area contributed by atoms with Crippen LogP contribution < -0.4 is 0 Å². The zero-order valence-corrected chi connectivity index (χ0v) is 15.0. The van der Waals surface area contributed by atoms with Crippen molar-refractivity contribution in [3.05, 3.63) is 66.3 Å². The molecule has 1 aliphatic rings. The summed E-state index contributed by atoms with van der Waals surface area (Å²) in [5, 5.41) is 0. The first-order valence-corrected chi connectivity index (χ1v) is 8.92. The molecule has 0 amide bonds. The largest absolute Gasteiger partial charge is 0.0991 e. The number of hydrogen-bond acceptors (Lipinski definition) is 0. The standard InChI is InChI=1S/C13H17Si.C4H6.Ti/c1-9-10(2)13(14(3)4)12-8-6-5-7-11(9)12;1-3-4-2;/h5-8,13H,1-4H3;3-4H,1-2H2;. The van der Waals surface area contributed by atoms with Gasteiger partial charge in [0, 0.05) is 21.7 Å². The van der Waals surface area contributed by atoms with Gasteiger partial charge in [0.15, 0.2) is 0 Å². The minimum Gasteiger partial charge on any atom is -0.0991 e. The van der Waals surface area contributed by atoms with Crippen LogP contribution in [-0.4, -0.2) is 8.80 Å². The maximum Gasteiger partial charge on any atom is 0.0552 e. The third-order valence-electron chi connectivity index (χ3n) is 3.44. The first-order valence-electron chi connectivity index (χ1n) is 6.34. The van der Waals surface area contributed by atoms with Gasteiger partial charge in [-0.1, -0.05) is 68.2 Å². The Balaban J connectivity index is 0.000000576. The molecule has 0 heterocycles. The van der Waals surface area contributed by atoms with Gasteiger partial charge in [-0.2, -0.15) is 0 Å². The van der Waals surface area contributed by atoms with Crippen molar-refractivity contribution in [3.63, 3.8) is 0 Å².